The van der Waals surface area contributed by atoms with Crippen LogP contribution in [-0.2, 0) is 0 Å². The van der Waals surface area contributed by atoms with Crippen molar-refractivity contribution in [3.05, 3.63) is 56.8 Å². The van der Waals surface area contributed by atoms with Gasteiger partial charge in [0.2, 0.25) is 0 Å². The van der Waals surface area contributed by atoms with E-state index in [4.69, 9.17) is 0 Å². The third-order valence-corrected chi connectivity index (χ3v) is 5.06. The second kappa shape index (κ2) is 4.56. The quantitative estimate of drug-likeness (QED) is 0.487. The molecular weight excluding hydrogens is 360 g/mol. The van der Waals surface area contributed by atoms with E-state index in [0.717, 1.165) is 4.47 Å². The highest BCUT2D eigenvalue weighted by molar-refractivity contribution is 9.11. The Morgan fingerprint density at radius 3 is 2.29 bits per heavy atom. The van der Waals surface area contributed by atoms with E-state index >= 15 is 0 Å². The molecule has 1 heterocycles. The molecule has 0 N–H and O–H groups in total. The maximum absolute atomic E-state index is 3.67. The molecule has 0 radical (unpaired) electrons. The Morgan fingerprint density at radius 2 is 1.53 bits per heavy atom. The second-order valence-electron chi connectivity index (χ2n) is 3.75. The summed E-state index contributed by atoms with van der Waals surface area (Å²) in [6, 6.07) is 16.9. The predicted octanol–water partition coefficient (Wildman–Crippen LogP) is 6.09. The van der Waals surface area contributed by atoms with Crippen molar-refractivity contribution in [3.63, 3.8) is 0 Å². The van der Waals surface area contributed by atoms with E-state index in [1.807, 2.05) is 0 Å². The zero-order valence-electron chi connectivity index (χ0n) is 8.78. The molecule has 0 aliphatic heterocycles. The van der Waals surface area contributed by atoms with Crippen molar-refractivity contribution in [2.24, 2.45) is 0 Å². The zero-order valence-corrected chi connectivity index (χ0v) is 12.8. The Kier molecular flexibility index (Phi) is 3.07. The molecule has 0 atom stereocenters. The average molecular weight is 368 g/mol. The lowest BCUT2D eigenvalue weighted by Gasteiger charge is -2.01. The molecule has 3 aromatic rings. The fourth-order valence-corrected chi connectivity index (χ4v) is 4.08. The van der Waals surface area contributed by atoms with Gasteiger partial charge in [-0.3, -0.25) is 0 Å². The smallest absolute Gasteiger partial charge is 0.0789 e. The van der Waals surface area contributed by atoms with Crippen LogP contribution in [0.25, 0.3) is 21.2 Å². The van der Waals surface area contributed by atoms with Gasteiger partial charge in [-0.15, -0.1) is 11.3 Å². The maximum Gasteiger partial charge on any atom is 0.0789 e. The highest BCUT2D eigenvalue weighted by Crippen LogP contribution is 2.42. The normalized spacial score (nSPS) is 10.9. The molecule has 1 aromatic heterocycles. The summed E-state index contributed by atoms with van der Waals surface area (Å²) >= 11 is 8.92. The summed E-state index contributed by atoms with van der Waals surface area (Å²) in [5.41, 5.74) is 2.54. The summed E-state index contributed by atoms with van der Waals surface area (Å²) in [6.45, 7) is 0. The number of rotatable bonds is 1. The molecule has 3 rings (SSSR count). The van der Waals surface area contributed by atoms with Crippen LogP contribution in [-0.4, -0.2) is 0 Å². The van der Waals surface area contributed by atoms with E-state index in [1.54, 1.807) is 11.3 Å². The predicted molar refractivity (Wildman–Crippen MR) is 82.7 cm³/mol. The van der Waals surface area contributed by atoms with E-state index < -0.39 is 0 Å². The largest absolute Gasteiger partial charge is 0.128 e. The molecule has 0 aliphatic carbocycles. The molecule has 0 spiro atoms. The van der Waals surface area contributed by atoms with E-state index in [9.17, 15) is 0 Å². The van der Waals surface area contributed by atoms with Gasteiger partial charge in [0.25, 0.3) is 0 Å². The molecule has 84 valence electrons. The molecule has 0 bridgehead atoms. The van der Waals surface area contributed by atoms with Crippen LogP contribution >= 0.6 is 43.2 Å². The third kappa shape index (κ3) is 2.07. The summed E-state index contributed by atoms with van der Waals surface area (Å²) < 4.78 is 3.62. The number of halogens is 2. The summed E-state index contributed by atoms with van der Waals surface area (Å²) in [5.74, 6) is 0. The average Bonchev–Trinajstić information content (AvgIpc) is 2.66. The van der Waals surface area contributed by atoms with Crippen LogP contribution in [0.1, 0.15) is 0 Å². The highest BCUT2D eigenvalue weighted by Gasteiger charge is 2.11. The van der Waals surface area contributed by atoms with Gasteiger partial charge in [-0.05, 0) is 39.7 Å². The molecule has 2 aromatic carbocycles. The van der Waals surface area contributed by atoms with Crippen molar-refractivity contribution in [1.82, 2.24) is 0 Å². The van der Waals surface area contributed by atoms with Crippen LogP contribution < -0.4 is 0 Å². The summed E-state index contributed by atoms with van der Waals surface area (Å²) in [5, 5.41) is 1.31. The van der Waals surface area contributed by atoms with Gasteiger partial charge < -0.3 is 0 Å². The third-order valence-electron chi connectivity index (χ3n) is 2.69. The summed E-state index contributed by atoms with van der Waals surface area (Å²) in [4.78, 5) is 0. The van der Waals surface area contributed by atoms with E-state index in [0.29, 0.717) is 0 Å². The molecule has 0 nitrogen and oxygen atoms in total. The standard InChI is InChI=1S/C14H8Br2S/c15-10-7-5-9(6-8-10)13-11-3-1-2-4-12(11)17-14(13)16/h1-8H. The van der Waals surface area contributed by atoms with Gasteiger partial charge in [0.15, 0.2) is 0 Å². The fraction of sp³-hybridized carbons (Fsp3) is 0. The maximum atomic E-state index is 3.67. The first-order chi connectivity index (χ1) is 8.25. The summed E-state index contributed by atoms with van der Waals surface area (Å²) in [7, 11) is 0. The molecule has 0 unspecified atom stereocenters. The molecule has 3 heteroatoms. The Labute approximate surface area is 121 Å². The van der Waals surface area contributed by atoms with Crippen molar-refractivity contribution < 1.29 is 0 Å². The topological polar surface area (TPSA) is 0 Å². The van der Waals surface area contributed by atoms with Crippen LogP contribution in [0.2, 0.25) is 0 Å². The van der Waals surface area contributed by atoms with Crippen molar-refractivity contribution >= 4 is 53.3 Å². The lowest BCUT2D eigenvalue weighted by Crippen LogP contribution is -1.76. The van der Waals surface area contributed by atoms with Gasteiger partial charge in [-0.2, -0.15) is 0 Å². The minimum atomic E-state index is 1.11. The Balaban J connectivity index is 2.29. The molecule has 17 heavy (non-hydrogen) atoms. The molecule has 0 amide bonds. The second-order valence-corrected chi connectivity index (χ2v) is 7.04. The van der Waals surface area contributed by atoms with Crippen molar-refractivity contribution in [2.45, 2.75) is 0 Å². The van der Waals surface area contributed by atoms with Gasteiger partial charge >= 0.3 is 0 Å². The Bertz CT molecular complexity index is 668. The molecule has 0 saturated carbocycles. The number of hydrogen-bond donors (Lipinski definition) is 0. The number of hydrogen-bond acceptors (Lipinski definition) is 1. The first-order valence-corrected chi connectivity index (χ1v) is 7.59. The van der Waals surface area contributed by atoms with Crippen LogP contribution in [0.3, 0.4) is 0 Å². The minimum Gasteiger partial charge on any atom is -0.128 e. The molecule has 0 aliphatic rings. The van der Waals surface area contributed by atoms with Crippen LogP contribution in [0.15, 0.2) is 56.8 Å². The monoisotopic (exact) mass is 366 g/mol. The van der Waals surface area contributed by atoms with Crippen LogP contribution in [0.5, 0.6) is 0 Å². The zero-order chi connectivity index (χ0) is 11.8. The molecule has 0 fully saturated rings. The lowest BCUT2D eigenvalue weighted by atomic mass is 10.1. The van der Waals surface area contributed by atoms with Gasteiger partial charge in [-0.1, -0.05) is 46.3 Å². The van der Waals surface area contributed by atoms with E-state index in [2.05, 4.69) is 80.4 Å². The lowest BCUT2D eigenvalue weighted by molar-refractivity contribution is 1.63. The Morgan fingerprint density at radius 1 is 0.824 bits per heavy atom. The van der Waals surface area contributed by atoms with Crippen molar-refractivity contribution in [2.75, 3.05) is 0 Å². The van der Waals surface area contributed by atoms with Gasteiger partial charge in [-0.25, -0.2) is 0 Å². The number of benzene rings is 2. The number of thiophene rings is 1. The first-order valence-electron chi connectivity index (χ1n) is 5.18. The van der Waals surface area contributed by atoms with Crippen LogP contribution in [0.4, 0.5) is 0 Å². The minimum absolute atomic E-state index is 1.11. The first kappa shape index (κ1) is 11.5. The summed E-state index contributed by atoms with van der Waals surface area (Å²) in [6.07, 6.45) is 0. The van der Waals surface area contributed by atoms with E-state index in [-0.39, 0.29) is 0 Å². The number of fused-ring (bicyclic) bond motifs is 1. The van der Waals surface area contributed by atoms with Crippen LogP contribution in [0, 0.1) is 0 Å². The van der Waals surface area contributed by atoms with Crippen molar-refractivity contribution in [3.8, 4) is 11.1 Å². The van der Waals surface area contributed by atoms with Crippen molar-refractivity contribution in [1.29, 1.82) is 0 Å². The van der Waals surface area contributed by atoms with E-state index in [1.165, 1.54) is 25.0 Å². The van der Waals surface area contributed by atoms with Gasteiger partial charge in [0, 0.05) is 20.1 Å². The SMILES string of the molecule is Brc1ccc(-c2c(Br)sc3ccccc23)cc1. The van der Waals surface area contributed by atoms with Gasteiger partial charge in [0.05, 0.1) is 3.79 Å². The molecular formula is C14H8Br2S. The highest BCUT2D eigenvalue weighted by atomic mass is 79.9. The fourth-order valence-electron chi connectivity index (χ4n) is 1.90. The van der Waals surface area contributed by atoms with Gasteiger partial charge in [0.1, 0.15) is 0 Å². The Hall–Kier alpha value is -0.640. The molecule has 0 saturated heterocycles.